The van der Waals surface area contributed by atoms with Crippen LogP contribution in [-0.4, -0.2) is 40.6 Å². The summed E-state index contributed by atoms with van der Waals surface area (Å²) in [6.45, 7) is 2.67. The highest BCUT2D eigenvalue weighted by molar-refractivity contribution is 5.95. The summed E-state index contributed by atoms with van der Waals surface area (Å²) in [5.74, 6) is 1.36. The Morgan fingerprint density at radius 2 is 2.21 bits per heavy atom. The van der Waals surface area contributed by atoms with Gasteiger partial charge in [-0.3, -0.25) is 14.8 Å². The van der Waals surface area contributed by atoms with Gasteiger partial charge in [0, 0.05) is 12.5 Å². The number of carbonyl (C=O) groups is 1. The van der Waals surface area contributed by atoms with Gasteiger partial charge in [0.2, 0.25) is 0 Å². The third kappa shape index (κ3) is 3.24. The molecule has 2 N–H and O–H groups in total. The van der Waals surface area contributed by atoms with Crippen molar-refractivity contribution in [2.24, 2.45) is 0 Å². The highest BCUT2D eigenvalue weighted by Gasteiger charge is 2.31. The third-order valence-corrected chi connectivity index (χ3v) is 5.06. The number of piperidine rings is 1. The molecule has 0 spiro atoms. The van der Waals surface area contributed by atoms with Crippen LogP contribution in [0.5, 0.6) is 0 Å². The van der Waals surface area contributed by atoms with Gasteiger partial charge >= 0.3 is 0 Å². The van der Waals surface area contributed by atoms with Crippen LogP contribution in [0, 0.1) is 0 Å². The topological polar surface area (TPSA) is 74.2 Å². The highest BCUT2D eigenvalue weighted by atomic mass is 16.3. The number of nitrogens with one attached hydrogen (secondary N) is 2. The number of amides is 1. The lowest BCUT2D eigenvalue weighted by molar-refractivity contribution is 0.0913. The summed E-state index contributed by atoms with van der Waals surface area (Å²) in [5.41, 5.74) is 1.68. The van der Waals surface area contributed by atoms with E-state index in [2.05, 4.69) is 20.4 Å². The molecular weight excluding hydrogens is 304 g/mol. The Balaban J connectivity index is 1.44. The van der Waals surface area contributed by atoms with Gasteiger partial charge in [0.15, 0.2) is 0 Å². The van der Waals surface area contributed by atoms with Crippen molar-refractivity contribution >= 4 is 5.91 Å². The molecule has 6 heteroatoms. The molecule has 1 atom stereocenters. The predicted molar refractivity (Wildman–Crippen MR) is 89.8 cm³/mol. The van der Waals surface area contributed by atoms with Crippen molar-refractivity contribution in [1.29, 1.82) is 0 Å². The molecule has 1 saturated heterocycles. The molecule has 2 aromatic heterocycles. The van der Waals surface area contributed by atoms with Crippen molar-refractivity contribution in [3.63, 3.8) is 0 Å². The van der Waals surface area contributed by atoms with E-state index in [4.69, 9.17) is 4.42 Å². The maximum absolute atomic E-state index is 12.6. The monoisotopic (exact) mass is 328 g/mol. The first kappa shape index (κ1) is 15.4. The molecule has 2 aromatic rings. The fraction of sp³-hybridized carbons (Fsp3) is 0.556. The van der Waals surface area contributed by atoms with Crippen LogP contribution in [0.1, 0.15) is 65.9 Å². The van der Waals surface area contributed by atoms with Crippen molar-refractivity contribution in [2.75, 3.05) is 19.6 Å². The van der Waals surface area contributed by atoms with Crippen LogP contribution in [0.3, 0.4) is 0 Å². The summed E-state index contributed by atoms with van der Waals surface area (Å²) in [6, 6.07) is 4.01. The molecule has 1 amide bonds. The second kappa shape index (κ2) is 6.81. The minimum absolute atomic E-state index is 0.0424. The normalized spacial score (nSPS) is 20.0. The van der Waals surface area contributed by atoms with Gasteiger partial charge in [-0.25, -0.2) is 0 Å². The molecular formula is C18H24N4O2. The van der Waals surface area contributed by atoms with Crippen molar-refractivity contribution in [1.82, 2.24) is 20.4 Å². The molecule has 1 aliphatic heterocycles. The third-order valence-electron chi connectivity index (χ3n) is 5.06. The largest absolute Gasteiger partial charge is 0.468 e. The van der Waals surface area contributed by atoms with Crippen LogP contribution in [0.25, 0.3) is 0 Å². The summed E-state index contributed by atoms with van der Waals surface area (Å²) in [5, 5.41) is 10.1. The molecule has 6 nitrogen and oxygen atoms in total. The minimum atomic E-state index is -0.0424. The SMILES string of the molecule is O=C(NCC(c1ccco1)N1CCCCC1)c1cn[nH]c1C1CC1. The lowest BCUT2D eigenvalue weighted by atomic mass is 10.1. The molecule has 24 heavy (non-hydrogen) atoms. The summed E-state index contributed by atoms with van der Waals surface area (Å²) < 4.78 is 5.63. The van der Waals surface area contributed by atoms with Crippen LogP contribution >= 0.6 is 0 Å². The van der Waals surface area contributed by atoms with E-state index in [1.54, 1.807) is 12.5 Å². The molecule has 2 aliphatic rings. The van der Waals surface area contributed by atoms with Gasteiger partial charge in [-0.05, 0) is 50.9 Å². The van der Waals surface area contributed by atoms with E-state index in [0.29, 0.717) is 18.0 Å². The van der Waals surface area contributed by atoms with Gasteiger partial charge in [-0.15, -0.1) is 0 Å². The minimum Gasteiger partial charge on any atom is -0.468 e. The fourth-order valence-electron chi connectivity index (χ4n) is 3.57. The van der Waals surface area contributed by atoms with Gasteiger partial charge in [0.05, 0.1) is 29.8 Å². The first-order chi connectivity index (χ1) is 11.8. The first-order valence-corrected chi connectivity index (χ1v) is 8.92. The number of rotatable bonds is 6. The van der Waals surface area contributed by atoms with E-state index in [1.165, 1.54) is 19.3 Å². The number of furan rings is 1. The smallest absolute Gasteiger partial charge is 0.254 e. The van der Waals surface area contributed by atoms with Gasteiger partial charge in [-0.2, -0.15) is 5.10 Å². The Kier molecular flexibility index (Phi) is 4.38. The number of aromatic nitrogens is 2. The average Bonchev–Trinajstić information content (AvgIpc) is 3.12. The zero-order valence-electron chi connectivity index (χ0n) is 13.8. The molecule has 0 bridgehead atoms. The Labute approximate surface area is 141 Å². The zero-order valence-corrected chi connectivity index (χ0v) is 13.8. The van der Waals surface area contributed by atoms with Crippen molar-refractivity contribution in [2.45, 2.75) is 44.1 Å². The van der Waals surface area contributed by atoms with Gasteiger partial charge < -0.3 is 9.73 Å². The molecule has 1 saturated carbocycles. The van der Waals surface area contributed by atoms with E-state index in [0.717, 1.165) is 37.4 Å². The molecule has 1 unspecified atom stereocenters. The summed E-state index contributed by atoms with van der Waals surface area (Å²) in [4.78, 5) is 15.0. The summed E-state index contributed by atoms with van der Waals surface area (Å²) in [6.07, 6.45) is 9.34. The molecule has 1 aliphatic carbocycles. The second-order valence-corrected chi connectivity index (χ2v) is 6.81. The molecule has 2 fully saturated rings. The van der Waals surface area contributed by atoms with E-state index in [9.17, 15) is 4.79 Å². The molecule has 0 radical (unpaired) electrons. The second-order valence-electron chi connectivity index (χ2n) is 6.81. The van der Waals surface area contributed by atoms with Gasteiger partial charge in [0.25, 0.3) is 5.91 Å². The van der Waals surface area contributed by atoms with Crippen molar-refractivity contribution < 1.29 is 9.21 Å². The standard InChI is InChI=1S/C18H24N4O2/c23-18(14-11-20-21-17(14)13-6-7-13)19-12-15(16-5-4-10-24-16)22-8-2-1-3-9-22/h4-5,10-11,13,15H,1-3,6-9,12H2,(H,19,23)(H,20,21). The lowest BCUT2D eigenvalue weighted by Gasteiger charge is -2.33. The van der Waals surface area contributed by atoms with E-state index >= 15 is 0 Å². The van der Waals surface area contributed by atoms with Crippen molar-refractivity contribution in [3.8, 4) is 0 Å². The average molecular weight is 328 g/mol. The van der Waals surface area contributed by atoms with Crippen LogP contribution in [0.4, 0.5) is 0 Å². The summed E-state index contributed by atoms with van der Waals surface area (Å²) in [7, 11) is 0. The Morgan fingerprint density at radius 1 is 1.38 bits per heavy atom. The number of nitrogens with zero attached hydrogens (tertiary/aromatic N) is 2. The number of H-pyrrole nitrogens is 1. The Hall–Kier alpha value is -2.08. The molecule has 3 heterocycles. The number of likely N-dealkylation sites (tertiary alicyclic amines) is 1. The molecule has 0 aromatic carbocycles. The number of aromatic amines is 1. The lowest BCUT2D eigenvalue weighted by Crippen LogP contribution is -2.40. The van der Waals surface area contributed by atoms with Crippen LogP contribution in [-0.2, 0) is 0 Å². The van der Waals surface area contributed by atoms with Gasteiger partial charge in [-0.1, -0.05) is 6.42 Å². The van der Waals surface area contributed by atoms with Crippen molar-refractivity contribution in [3.05, 3.63) is 41.6 Å². The zero-order chi connectivity index (χ0) is 16.4. The number of carbonyl (C=O) groups excluding carboxylic acids is 1. The number of hydrogen-bond acceptors (Lipinski definition) is 4. The van der Waals surface area contributed by atoms with E-state index in [1.807, 2.05) is 12.1 Å². The maximum atomic E-state index is 12.6. The molecule has 4 rings (SSSR count). The summed E-state index contributed by atoms with van der Waals surface area (Å²) >= 11 is 0. The van der Waals surface area contributed by atoms with E-state index < -0.39 is 0 Å². The maximum Gasteiger partial charge on any atom is 0.254 e. The quantitative estimate of drug-likeness (QED) is 0.855. The Bertz CT molecular complexity index is 669. The highest BCUT2D eigenvalue weighted by Crippen LogP contribution is 2.40. The molecule has 128 valence electrons. The fourth-order valence-corrected chi connectivity index (χ4v) is 3.57. The van der Waals surface area contributed by atoms with Crippen LogP contribution in [0.15, 0.2) is 29.0 Å². The first-order valence-electron chi connectivity index (χ1n) is 8.92. The Morgan fingerprint density at radius 3 is 2.92 bits per heavy atom. The van der Waals surface area contributed by atoms with Crippen LogP contribution in [0.2, 0.25) is 0 Å². The van der Waals surface area contributed by atoms with E-state index in [-0.39, 0.29) is 11.9 Å². The number of hydrogen-bond donors (Lipinski definition) is 2. The predicted octanol–water partition coefficient (Wildman–Crippen LogP) is 2.84. The van der Waals surface area contributed by atoms with Crippen LogP contribution < -0.4 is 5.32 Å². The van der Waals surface area contributed by atoms with Gasteiger partial charge in [0.1, 0.15) is 5.76 Å².